The molecule has 0 spiro atoms. The van der Waals surface area contributed by atoms with E-state index >= 15 is 0 Å². The average Bonchev–Trinajstić information content (AvgIpc) is 2.36. The van der Waals surface area contributed by atoms with Crippen molar-refractivity contribution in [3.63, 3.8) is 0 Å². The molecule has 0 radical (unpaired) electrons. The molecule has 104 valence electrons. The number of amides is 1. The van der Waals surface area contributed by atoms with Crippen LogP contribution in [0.15, 0.2) is 24.3 Å². The first-order chi connectivity index (χ1) is 9.08. The first kappa shape index (κ1) is 14.0. The second-order valence-electron chi connectivity index (χ2n) is 5.51. The molecule has 1 aliphatic rings. The summed E-state index contributed by atoms with van der Waals surface area (Å²) in [7, 11) is 4.02. The molecule has 1 aromatic carbocycles. The summed E-state index contributed by atoms with van der Waals surface area (Å²) in [6, 6.07) is 8.12. The van der Waals surface area contributed by atoms with E-state index in [1.165, 1.54) is 5.56 Å². The standard InChI is InChI=1S/C15H23N3O/c1-11(10-18(2)3)17-15(19)14-13-7-5-4-6-12(13)8-9-16-14/h4-7,11,14,16H,8-10H2,1-3H3,(H,17,19). The summed E-state index contributed by atoms with van der Waals surface area (Å²) >= 11 is 0. The highest BCUT2D eigenvalue weighted by molar-refractivity contribution is 5.84. The summed E-state index contributed by atoms with van der Waals surface area (Å²) in [5, 5.41) is 6.39. The predicted octanol–water partition coefficient (Wildman–Crippen LogP) is 0.940. The first-order valence-electron chi connectivity index (χ1n) is 6.84. The summed E-state index contributed by atoms with van der Waals surface area (Å²) in [4.78, 5) is 14.4. The van der Waals surface area contributed by atoms with Crippen molar-refractivity contribution in [2.75, 3.05) is 27.2 Å². The van der Waals surface area contributed by atoms with Crippen LogP contribution >= 0.6 is 0 Å². The Kier molecular flexibility index (Phi) is 4.56. The van der Waals surface area contributed by atoms with E-state index in [9.17, 15) is 4.79 Å². The third-order valence-corrected chi connectivity index (χ3v) is 3.40. The van der Waals surface area contributed by atoms with Crippen LogP contribution in [0.2, 0.25) is 0 Å². The highest BCUT2D eigenvalue weighted by Gasteiger charge is 2.26. The summed E-state index contributed by atoms with van der Waals surface area (Å²) < 4.78 is 0. The Labute approximate surface area is 115 Å². The zero-order chi connectivity index (χ0) is 13.8. The molecule has 2 N–H and O–H groups in total. The van der Waals surface area contributed by atoms with E-state index in [4.69, 9.17) is 0 Å². The molecule has 0 aliphatic carbocycles. The lowest BCUT2D eigenvalue weighted by Gasteiger charge is -2.28. The van der Waals surface area contributed by atoms with Gasteiger partial charge in [0, 0.05) is 19.1 Å². The fourth-order valence-electron chi connectivity index (χ4n) is 2.66. The molecule has 1 heterocycles. The number of nitrogens with one attached hydrogen (secondary N) is 2. The molecule has 0 aromatic heterocycles. The lowest BCUT2D eigenvalue weighted by molar-refractivity contribution is -0.124. The topological polar surface area (TPSA) is 44.4 Å². The molecule has 4 heteroatoms. The lowest BCUT2D eigenvalue weighted by Crippen LogP contribution is -2.46. The minimum atomic E-state index is -0.213. The maximum absolute atomic E-state index is 12.4. The summed E-state index contributed by atoms with van der Waals surface area (Å²) in [6.07, 6.45) is 0.993. The Morgan fingerprint density at radius 1 is 1.47 bits per heavy atom. The Morgan fingerprint density at radius 3 is 2.95 bits per heavy atom. The van der Waals surface area contributed by atoms with E-state index < -0.39 is 0 Å². The van der Waals surface area contributed by atoms with Crippen molar-refractivity contribution in [1.29, 1.82) is 0 Å². The van der Waals surface area contributed by atoms with Crippen LogP contribution in [-0.2, 0) is 11.2 Å². The van der Waals surface area contributed by atoms with Gasteiger partial charge in [-0.15, -0.1) is 0 Å². The molecule has 0 saturated heterocycles. The minimum Gasteiger partial charge on any atom is -0.351 e. The number of likely N-dealkylation sites (N-methyl/N-ethyl adjacent to an activating group) is 1. The van der Waals surface area contributed by atoms with E-state index in [-0.39, 0.29) is 18.0 Å². The molecule has 2 rings (SSSR count). The minimum absolute atomic E-state index is 0.0708. The van der Waals surface area contributed by atoms with Gasteiger partial charge in [-0.25, -0.2) is 0 Å². The van der Waals surface area contributed by atoms with Crippen molar-refractivity contribution in [1.82, 2.24) is 15.5 Å². The maximum atomic E-state index is 12.4. The quantitative estimate of drug-likeness (QED) is 0.848. The molecular weight excluding hydrogens is 238 g/mol. The SMILES string of the molecule is CC(CN(C)C)NC(=O)C1NCCc2ccccc21. The predicted molar refractivity (Wildman–Crippen MR) is 77.0 cm³/mol. The van der Waals surface area contributed by atoms with Gasteiger partial charge in [0.1, 0.15) is 6.04 Å². The average molecular weight is 261 g/mol. The normalized spacial score (nSPS) is 19.9. The van der Waals surface area contributed by atoms with Gasteiger partial charge >= 0.3 is 0 Å². The zero-order valence-electron chi connectivity index (χ0n) is 11.9. The smallest absolute Gasteiger partial charge is 0.242 e. The molecule has 4 nitrogen and oxygen atoms in total. The van der Waals surface area contributed by atoms with Crippen LogP contribution in [0.3, 0.4) is 0 Å². The Hall–Kier alpha value is -1.39. The number of fused-ring (bicyclic) bond motifs is 1. The van der Waals surface area contributed by atoms with Crippen LogP contribution in [0.1, 0.15) is 24.1 Å². The van der Waals surface area contributed by atoms with E-state index in [1.807, 2.05) is 39.2 Å². The molecule has 0 fully saturated rings. The van der Waals surface area contributed by atoms with Gasteiger partial charge in [-0.2, -0.15) is 0 Å². The summed E-state index contributed by atoms with van der Waals surface area (Å²) in [5.41, 5.74) is 2.39. The third kappa shape index (κ3) is 3.55. The third-order valence-electron chi connectivity index (χ3n) is 3.40. The maximum Gasteiger partial charge on any atom is 0.242 e. The fourth-order valence-corrected chi connectivity index (χ4v) is 2.66. The first-order valence-corrected chi connectivity index (χ1v) is 6.84. The number of hydrogen-bond donors (Lipinski definition) is 2. The van der Waals surface area contributed by atoms with E-state index in [0.29, 0.717) is 0 Å². The molecular formula is C15H23N3O. The van der Waals surface area contributed by atoms with Gasteiger partial charge in [0.2, 0.25) is 5.91 Å². The Balaban J connectivity index is 2.04. The van der Waals surface area contributed by atoms with Gasteiger partial charge in [0.05, 0.1) is 0 Å². The van der Waals surface area contributed by atoms with Gasteiger partial charge in [-0.3, -0.25) is 4.79 Å². The Morgan fingerprint density at radius 2 is 2.21 bits per heavy atom. The van der Waals surface area contributed by atoms with E-state index in [1.54, 1.807) is 0 Å². The van der Waals surface area contributed by atoms with Crippen molar-refractivity contribution < 1.29 is 4.79 Å². The summed E-state index contributed by atoms with van der Waals surface area (Å²) in [6.45, 7) is 3.74. The molecule has 1 amide bonds. The van der Waals surface area contributed by atoms with Gasteiger partial charge in [-0.05, 0) is 38.6 Å². The number of carbonyl (C=O) groups excluding carboxylic acids is 1. The van der Waals surface area contributed by atoms with Gasteiger partial charge in [0.25, 0.3) is 0 Å². The van der Waals surface area contributed by atoms with Crippen LogP contribution in [-0.4, -0.2) is 44.0 Å². The van der Waals surface area contributed by atoms with E-state index in [2.05, 4.69) is 21.6 Å². The lowest BCUT2D eigenvalue weighted by atomic mass is 9.94. The molecule has 2 unspecified atom stereocenters. The largest absolute Gasteiger partial charge is 0.351 e. The highest BCUT2D eigenvalue weighted by atomic mass is 16.2. The fraction of sp³-hybridized carbons (Fsp3) is 0.533. The van der Waals surface area contributed by atoms with Crippen LogP contribution in [0, 0.1) is 0 Å². The second kappa shape index (κ2) is 6.17. The van der Waals surface area contributed by atoms with Crippen molar-refractivity contribution in [2.24, 2.45) is 0 Å². The number of nitrogens with zero attached hydrogens (tertiary/aromatic N) is 1. The van der Waals surface area contributed by atoms with Crippen LogP contribution in [0.25, 0.3) is 0 Å². The second-order valence-corrected chi connectivity index (χ2v) is 5.51. The van der Waals surface area contributed by atoms with Crippen LogP contribution in [0.4, 0.5) is 0 Å². The summed E-state index contributed by atoms with van der Waals surface area (Å²) in [5.74, 6) is 0.0708. The van der Waals surface area contributed by atoms with E-state index in [0.717, 1.165) is 25.1 Å². The molecule has 1 aromatic rings. The van der Waals surface area contributed by atoms with Crippen molar-refractivity contribution >= 4 is 5.91 Å². The number of carbonyl (C=O) groups is 1. The number of rotatable bonds is 4. The van der Waals surface area contributed by atoms with Crippen LogP contribution in [0.5, 0.6) is 0 Å². The number of benzene rings is 1. The molecule has 19 heavy (non-hydrogen) atoms. The van der Waals surface area contributed by atoms with Gasteiger partial charge < -0.3 is 15.5 Å². The van der Waals surface area contributed by atoms with Gasteiger partial charge in [-0.1, -0.05) is 24.3 Å². The molecule has 0 saturated carbocycles. The Bertz CT molecular complexity index is 445. The molecule has 1 aliphatic heterocycles. The van der Waals surface area contributed by atoms with Gasteiger partial charge in [0.15, 0.2) is 0 Å². The monoisotopic (exact) mass is 261 g/mol. The van der Waals surface area contributed by atoms with Crippen molar-refractivity contribution in [3.8, 4) is 0 Å². The molecule has 2 atom stereocenters. The number of hydrogen-bond acceptors (Lipinski definition) is 3. The molecule has 0 bridgehead atoms. The van der Waals surface area contributed by atoms with Crippen molar-refractivity contribution in [2.45, 2.75) is 25.4 Å². The zero-order valence-corrected chi connectivity index (χ0v) is 11.9. The van der Waals surface area contributed by atoms with Crippen LogP contribution < -0.4 is 10.6 Å². The van der Waals surface area contributed by atoms with Crippen molar-refractivity contribution in [3.05, 3.63) is 35.4 Å². The highest BCUT2D eigenvalue weighted by Crippen LogP contribution is 2.22.